The van der Waals surface area contributed by atoms with Gasteiger partial charge >= 0.3 is 5.97 Å². The standard InChI is InChI=1S/C14H18O3/c1-12(2)14(15)17-11-7-6-10-16-13-8-4-3-5-9-13/h3-5,8-9H,1,6-7,10-11H2,2H3. The molecule has 0 unspecified atom stereocenters. The highest BCUT2D eigenvalue weighted by Gasteiger charge is 2.01. The highest BCUT2D eigenvalue weighted by atomic mass is 16.5. The summed E-state index contributed by atoms with van der Waals surface area (Å²) < 4.78 is 10.5. The van der Waals surface area contributed by atoms with E-state index in [0.29, 0.717) is 18.8 Å². The number of rotatable bonds is 7. The molecule has 0 aliphatic heterocycles. The molecule has 0 aliphatic carbocycles. The maximum absolute atomic E-state index is 11.0. The predicted octanol–water partition coefficient (Wildman–Crippen LogP) is 2.96. The minimum Gasteiger partial charge on any atom is -0.494 e. The van der Waals surface area contributed by atoms with Crippen LogP contribution in [-0.2, 0) is 9.53 Å². The van der Waals surface area contributed by atoms with Crippen LogP contribution in [0.25, 0.3) is 0 Å². The zero-order valence-electron chi connectivity index (χ0n) is 10.1. The van der Waals surface area contributed by atoms with Gasteiger partial charge in [0, 0.05) is 5.57 Å². The number of ether oxygens (including phenoxy) is 2. The van der Waals surface area contributed by atoms with E-state index in [0.717, 1.165) is 18.6 Å². The first-order chi connectivity index (χ1) is 8.20. The summed E-state index contributed by atoms with van der Waals surface area (Å²) in [5.74, 6) is 0.542. The Balaban J connectivity index is 2.02. The normalized spacial score (nSPS) is 9.71. The fourth-order valence-corrected chi connectivity index (χ4v) is 1.20. The van der Waals surface area contributed by atoms with E-state index in [1.165, 1.54) is 0 Å². The summed E-state index contributed by atoms with van der Waals surface area (Å²) >= 11 is 0. The van der Waals surface area contributed by atoms with Crippen molar-refractivity contribution in [3.63, 3.8) is 0 Å². The molecule has 3 heteroatoms. The number of unbranched alkanes of at least 4 members (excludes halogenated alkanes) is 1. The maximum Gasteiger partial charge on any atom is 0.333 e. The van der Waals surface area contributed by atoms with Gasteiger partial charge in [-0.05, 0) is 31.9 Å². The van der Waals surface area contributed by atoms with Gasteiger partial charge in [0.1, 0.15) is 5.75 Å². The van der Waals surface area contributed by atoms with Crippen molar-refractivity contribution in [1.29, 1.82) is 0 Å². The van der Waals surface area contributed by atoms with Crippen molar-refractivity contribution in [2.75, 3.05) is 13.2 Å². The van der Waals surface area contributed by atoms with Crippen LogP contribution < -0.4 is 4.74 Å². The number of carbonyl (C=O) groups is 1. The molecule has 0 radical (unpaired) electrons. The highest BCUT2D eigenvalue weighted by molar-refractivity contribution is 5.86. The van der Waals surface area contributed by atoms with Crippen LogP contribution in [0.15, 0.2) is 42.5 Å². The van der Waals surface area contributed by atoms with Crippen molar-refractivity contribution in [1.82, 2.24) is 0 Å². The second kappa shape index (κ2) is 7.49. The Hall–Kier alpha value is -1.77. The van der Waals surface area contributed by atoms with E-state index >= 15 is 0 Å². The lowest BCUT2D eigenvalue weighted by Gasteiger charge is -2.06. The first kappa shape index (κ1) is 13.3. The van der Waals surface area contributed by atoms with Gasteiger partial charge in [-0.2, -0.15) is 0 Å². The molecule has 1 aromatic carbocycles. The molecular formula is C14H18O3. The maximum atomic E-state index is 11.0. The number of hydrogen-bond acceptors (Lipinski definition) is 3. The average molecular weight is 234 g/mol. The molecule has 0 atom stereocenters. The number of hydrogen-bond donors (Lipinski definition) is 0. The Labute approximate surface area is 102 Å². The molecule has 0 saturated heterocycles. The van der Waals surface area contributed by atoms with E-state index in [1.807, 2.05) is 30.3 Å². The predicted molar refractivity (Wildman–Crippen MR) is 66.9 cm³/mol. The average Bonchev–Trinajstić information content (AvgIpc) is 2.34. The lowest BCUT2D eigenvalue weighted by molar-refractivity contribution is -0.139. The molecule has 0 bridgehead atoms. The molecule has 0 amide bonds. The summed E-state index contributed by atoms with van der Waals surface area (Å²) in [5, 5.41) is 0. The third-order valence-corrected chi connectivity index (χ3v) is 2.13. The molecule has 0 aliphatic rings. The van der Waals surface area contributed by atoms with Gasteiger partial charge in [-0.1, -0.05) is 24.8 Å². The summed E-state index contributed by atoms with van der Waals surface area (Å²) in [6, 6.07) is 9.65. The van der Waals surface area contributed by atoms with Gasteiger partial charge in [-0.25, -0.2) is 4.79 Å². The third-order valence-electron chi connectivity index (χ3n) is 2.13. The van der Waals surface area contributed by atoms with Crippen LogP contribution in [0.4, 0.5) is 0 Å². The van der Waals surface area contributed by atoms with Gasteiger partial charge in [-0.15, -0.1) is 0 Å². The van der Waals surface area contributed by atoms with Crippen LogP contribution in [0.3, 0.4) is 0 Å². The van der Waals surface area contributed by atoms with Crippen molar-refractivity contribution in [3.8, 4) is 5.75 Å². The van der Waals surface area contributed by atoms with Gasteiger partial charge < -0.3 is 9.47 Å². The summed E-state index contributed by atoms with van der Waals surface area (Å²) in [6.45, 7) is 6.20. The number of para-hydroxylation sites is 1. The fraction of sp³-hybridized carbons (Fsp3) is 0.357. The fourth-order valence-electron chi connectivity index (χ4n) is 1.20. The minimum atomic E-state index is -0.325. The second-order valence-electron chi connectivity index (χ2n) is 3.78. The van der Waals surface area contributed by atoms with Crippen molar-refractivity contribution in [3.05, 3.63) is 42.5 Å². The van der Waals surface area contributed by atoms with Gasteiger partial charge in [0.15, 0.2) is 0 Å². The van der Waals surface area contributed by atoms with Crippen molar-refractivity contribution < 1.29 is 14.3 Å². The van der Waals surface area contributed by atoms with E-state index in [1.54, 1.807) is 6.92 Å². The lowest BCUT2D eigenvalue weighted by atomic mass is 10.3. The Bertz CT molecular complexity index is 357. The molecular weight excluding hydrogens is 216 g/mol. The Morgan fingerprint density at radius 1 is 1.18 bits per heavy atom. The lowest BCUT2D eigenvalue weighted by Crippen LogP contribution is -2.07. The molecule has 0 aromatic heterocycles. The number of benzene rings is 1. The molecule has 0 fully saturated rings. The van der Waals surface area contributed by atoms with Gasteiger partial charge in [0.2, 0.25) is 0 Å². The molecule has 1 rings (SSSR count). The van der Waals surface area contributed by atoms with Crippen molar-refractivity contribution in [2.24, 2.45) is 0 Å². The molecule has 3 nitrogen and oxygen atoms in total. The highest BCUT2D eigenvalue weighted by Crippen LogP contribution is 2.08. The summed E-state index contributed by atoms with van der Waals surface area (Å²) in [5.41, 5.74) is 0.436. The zero-order chi connectivity index (χ0) is 12.5. The Morgan fingerprint density at radius 3 is 2.47 bits per heavy atom. The SMILES string of the molecule is C=C(C)C(=O)OCCCCOc1ccccc1. The molecule has 0 spiro atoms. The first-order valence-electron chi connectivity index (χ1n) is 5.70. The van der Waals surface area contributed by atoms with E-state index in [9.17, 15) is 4.79 Å². The molecule has 0 heterocycles. The largest absolute Gasteiger partial charge is 0.494 e. The minimum absolute atomic E-state index is 0.325. The summed E-state index contributed by atoms with van der Waals surface area (Å²) in [4.78, 5) is 11.0. The van der Waals surface area contributed by atoms with Crippen molar-refractivity contribution in [2.45, 2.75) is 19.8 Å². The quantitative estimate of drug-likeness (QED) is 0.413. The topological polar surface area (TPSA) is 35.5 Å². The molecule has 1 aromatic rings. The third kappa shape index (κ3) is 5.76. The van der Waals surface area contributed by atoms with Crippen molar-refractivity contribution >= 4 is 5.97 Å². The van der Waals surface area contributed by atoms with Crippen LogP contribution in [0.1, 0.15) is 19.8 Å². The molecule has 17 heavy (non-hydrogen) atoms. The number of carbonyl (C=O) groups excluding carboxylic acids is 1. The monoisotopic (exact) mass is 234 g/mol. The summed E-state index contributed by atoms with van der Waals surface area (Å²) in [7, 11) is 0. The van der Waals surface area contributed by atoms with E-state index in [2.05, 4.69) is 6.58 Å². The van der Waals surface area contributed by atoms with Crippen LogP contribution in [-0.4, -0.2) is 19.2 Å². The van der Waals surface area contributed by atoms with E-state index in [-0.39, 0.29) is 5.97 Å². The molecule has 92 valence electrons. The Morgan fingerprint density at radius 2 is 1.82 bits per heavy atom. The zero-order valence-corrected chi connectivity index (χ0v) is 10.1. The number of esters is 1. The molecule has 0 N–H and O–H groups in total. The van der Waals surface area contributed by atoms with Gasteiger partial charge in [0.25, 0.3) is 0 Å². The molecule has 0 saturated carbocycles. The van der Waals surface area contributed by atoms with Crippen LogP contribution in [0.5, 0.6) is 5.75 Å². The van der Waals surface area contributed by atoms with E-state index in [4.69, 9.17) is 9.47 Å². The smallest absolute Gasteiger partial charge is 0.333 e. The van der Waals surface area contributed by atoms with Gasteiger partial charge in [0.05, 0.1) is 13.2 Å². The first-order valence-corrected chi connectivity index (χ1v) is 5.70. The van der Waals surface area contributed by atoms with Crippen LogP contribution >= 0.6 is 0 Å². The van der Waals surface area contributed by atoms with E-state index < -0.39 is 0 Å². The van der Waals surface area contributed by atoms with Crippen LogP contribution in [0, 0.1) is 0 Å². The summed E-state index contributed by atoms with van der Waals surface area (Å²) in [6.07, 6.45) is 1.66. The van der Waals surface area contributed by atoms with Crippen LogP contribution in [0.2, 0.25) is 0 Å². The second-order valence-corrected chi connectivity index (χ2v) is 3.78. The van der Waals surface area contributed by atoms with Gasteiger partial charge in [-0.3, -0.25) is 0 Å². The Kier molecular flexibility index (Phi) is 5.86.